The molecule has 0 bridgehead atoms. The van der Waals surface area contributed by atoms with Crippen LogP contribution in [0.5, 0.6) is 0 Å². The molecule has 0 radical (unpaired) electrons. The SMILES string of the molecule is Cc1ccc(S(=O)(=O)Nc2ccc(S(=O)(=O)O)c3cc(S(=O)(=O)O)cc(S(=O)(=O)O)c23)cc1N.[H-].[H-].[H-].[Na+].[Na+].[Na+]. The maximum absolute atomic E-state index is 12.9. The molecule has 0 aliphatic carbocycles. The van der Waals surface area contributed by atoms with Gasteiger partial charge in [-0.2, -0.15) is 25.3 Å². The Morgan fingerprint density at radius 3 is 1.70 bits per heavy atom. The summed E-state index contributed by atoms with van der Waals surface area (Å²) in [6.07, 6.45) is 0. The van der Waals surface area contributed by atoms with Gasteiger partial charge in [0, 0.05) is 16.5 Å². The van der Waals surface area contributed by atoms with E-state index in [0.29, 0.717) is 23.8 Å². The van der Waals surface area contributed by atoms with Crippen molar-refractivity contribution in [2.24, 2.45) is 0 Å². The summed E-state index contributed by atoms with van der Waals surface area (Å²) in [6, 6.07) is 5.91. The first-order chi connectivity index (χ1) is 15.3. The first-order valence-electron chi connectivity index (χ1n) is 8.74. The number of nitrogens with two attached hydrogens (primary N) is 1. The first-order valence-corrected chi connectivity index (χ1v) is 14.5. The van der Waals surface area contributed by atoms with E-state index in [1.165, 1.54) is 12.1 Å². The van der Waals surface area contributed by atoms with Gasteiger partial charge in [-0.1, -0.05) is 6.07 Å². The van der Waals surface area contributed by atoms with Gasteiger partial charge in [0.25, 0.3) is 40.4 Å². The average molecular weight is 625 g/mol. The molecule has 37 heavy (non-hydrogen) atoms. The molecule has 3 rings (SSSR count). The van der Waals surface area contributed by atoms with Crippen LogP contribution in [0.3, 0.4) is 0 Å². The Labute approximate surface area is 284 Å². The minimum Gasteiger partial charge on any atom is -1.00 e. The maximum atomic E-state index is 12.9. The molecule has 0 saturated carbocycles. The molecule has 0 amide bonds. The Morgan fingerprint density at radius 1 is 0.703 bits per heavy atom. The van der Waals surface area contributed by atoms with Gasteiger partial charge in [0.15, 0.2) is 0 Å². The molecular formula is C17H19N2Na3O11S4. The van der Waals surface area contributed by atoms with Gasteiger partial charge in [0.2, 0.25) is 0 Å². The summed E-state index contributed by atoms with van der Waals surface area (Å²) in [5, 5.41) is -1.62. The van der Waals surface area contributed by atoms with Gasteiger partial charge in [-0.25, -0.2) is 8.42 Å². The van der Waals surface area contributed by atoms with Crippen molar-refractivity contribution in [3.63, 3.8) is 0 Å². The van der Waals surface area contributed by atoms with Crippen LogP contribution >= 0.6 is 0 Å². The van der Waals surface area contributed by atoms with E-state index in [4.69, 9.17) is 5.73 Å². The van der Waals surface area contributed by atoms with Gasteiger partial charge in [0.1, 0.15) is 9.79 Å². The van der Waals surface area contributed by atoms with E-state index in [9.17, 15) is 47.3 Å². The zero-order valence-electron chi connectivity index (χ0n) is 22.9. The summed E-state index contributed by atoms with van der Waals surface area (Å²) in [5.41, 5.74) is 5.81. The third-order valence-electron chi connectivity index (χ3n) is 4.67. The fourth-order valence-corrected chi connectivity index (χ4v) is 6.19. The monoisotopic (exact) mass is 624 g/mol. The number of aryl methyl sites for hydroxylation is 1. The van der Waals surface area contributed by atoms with Gasteiger partial charge >= 0.3 is 88.7 Å². The Morgan fingerprint density at radius 2 is 1.24 bits per heavy atom. The molecule has 13 nitrogen and oxygen atoms in total. The molecule has 0 unspecified atom stereocenters. The van der Waals surface area contributed by atoms with Gasteiger partial charge < -0.3 is 10.0 Å². The van der Waals surface area contributed by atoms with Crippen LogP contribution in [0, 0.1) is 6.92 Å². The molecule has 0 heterocycles. The van der Waals surface area contributed by atoms with E-state index in [1.807, 2.05) is 4.72 Å². The fraction of sp³-hybridized carbons (Fsp3) is 0.0588. The van der Waals surface area contributed by atoms with Crippen molar-refractivity contribution >= 4 is 62.5 Å². The predicted molar refractivity (Wildman–Crippen MR) is 123 cm³/mol. The maximum Gasteiger partial charge on any atom is 1.00 e. The number of nitrogen functional groups attached to an aromatic ring is 1. The van der Waals surface area contributed by atoms with Crippen molar-refractivity contribution in [2.75, 3.05) is 10.5 Å². The molecular weight excluding hydrogens is 605 g/mol. The minimum absolute atomic E-state index is 0. The van der Waals surface area contributed by atoms with Crippen molar-refractivity contribution in [1.82, 2.24) is 0 Å². The molecule has 6 N–H and O–H groups in total. The topological polar surface area (TPSA) is 235 Å². The molecule has 20 heteroatoms. The molecule has 3 aromatic rings. The van der Waals surface area contributed by atoms with Crippen molar-refractivity contribution in [2.45, 2.75) is 26.5 Å². The quantitative estimate of drug-likeness (QED) is 0.0977. The van der Waals surface area contributed by atoms with Crippen LogP contribution in [0.25, 0.3) is 10.8 Å². The van der Waals surface area contributed by atoms with E-state index in [2.05, 4.69) is 0 Å². The zero-order valence-corrected chi connectivity index (χ0v) is 29.1. The number of rotatable bonds is 6. The van der Waals surface area contributed by atoms with Crippen molar-refractivity contribution in [1.29, 1.82) is 0 Å². The standard InChI is InChI=1S/C17H16N2O11S4.3Na.3H/c1-9-2-3-10(7-13(9)18)31(20,21)19-14-4-5-15(33(25,26)27)12-6-11(32(22,23)24)8-16(17(12)14)34(28,29)30;;;;;;/h2-8,19H,18H2,1H3,(H,22,23,24)(H,25,26,27)(H,28,29,30);;;;;;/q;3*+1;3*-1. The van der Waals surface area contributed by atoms with Crippen LogP contribution in [0.1, 0.15) is 9.84 Å². The second-order valence-electron chi connectivity index (χ2n) is 7.00. The average Bonchev–Trinajstić information content (AvgIpc) is 2.66. The van der Waals surface area contributed by atoms with Gasteiger partial charge in [-0.15, -0.1) is 0 Å². The Kier molecular flexibility index (Phi) is 12.9. The van der Waals surface area contributed by atoms with E-state index in [1.54, 1.807) is 6.92 Å². The van der Waals surface area contributed by atoms with Gasteiger partial charge in [-0.05, 0) is 48.9 Å². The van der Waals surface area contributed by atoms with E-state index >= 15 is 0 Å². The van der Waals surface area contributed by atoms with Gasteiger partial charge in [0.05, 0.1) is 15.5 Å². The number of fused-ring (bicyclic) bond motifs is 1. The summed E-state index contributed by atoms with van der Waals surface area (Å²) < 4.78 is 127. The van der Waals surface area contributed by atoms with Crippen LogP contribution < -0.4 is 99.1 Å². The number of sulfonamides is 1. The normalized spacial score (nSPS) is 12.1. The summed E-state index contributed by atoms with van der Waals surface area (Å²) in [7, 11) is -20.1. The first kappa shape index (κ1) is 37.2. The number of hydrogen-bond acceptors (Lipinski definition) is 9. The number of anilines is 2. The third kappa shape index (κ3) is 8.35. The molecule has 190 valence electrons. The van der Waals surface area contributed by atoms with Crippen LogP contribution in [-0.4, -0.2) is 47.3 Å². The van der Waals surface area contributed by atoms with Gasteiger partial charge in [-0.3, -0.25) is 18.4 Å². The van der Waals surface area contributed by atoms with Crippen molar-refractivity contribution in [3.05, 3.63) is 48.0 Å². The molecule has 0 aliphatic heterocycles. The van der Waals surface area contributed by atoms with Crippen molar-refractivity contribution < 1.29 is 140 Å². The Balaban J connectivity index is -0.00000108. The molecule has 3 aromatic carbocycles. The molecule has 0 spiro atoms. The van der Waals surface area contributed by atoms with E-state index < -0.39 is 71.5 Å². The second-order valence-corrected chi connectivity index (χ2v) is 12.9. The summed E-state index contributed by atoms with van der Waals surface area (Å²) >= 11 is 0. The van der Waals surface area contributed by atoms with Crippen LogP contribution in [0.15, 0.2) is 62.0 Å². The molecule has 0 aromatic heterocycles. The third-order valence-corrected chi connectivity index (χ3v) is 8.66. The predicted octanol–water partition coefficient (Wildman–Crippen LogP) is -7.38. The molecule has 0 aliphatic rings. The van der Waals surface area contributed by atoms with Crippen LogP contribution in [0.2, 0.25) is 0 Å². The van der Waals surface area contributed by atoms with Crippen molar-refractivity contribution in [3.8, 4) is 0 Å². The van der Waals surface area contributed by atoms with E-state index in [0.717, 1.165) is 12.1 Å². The van der Waals surface area contributed by atoms with E-state index in [-0.39, 0.29) is 104 Å². The minimum atomic E-state index is -5.34. The smallest absolute Gasteiger partial charge is 1.00 e. The van der Waals surface area contributed by atoms with Crippen LogP contribution in [-0.2, 0) is 40.4 Å². The molecule has 0 saturated heterocycles. The number of benzene rings is 3. The summed E-state index contributed by atoms with van der Waals surface area (Å²) in [4.78, 5) is -3.79. The summed E-state index contributed by atoms with van der Waals surface area (Å²) in [5.74, 6) is 0. The summed E-state index contributed by atoms with van der Waals surface area (Å²) in [6.45, 7) is 1.62. The number of nitrogens with one attached hydrogen (secondary N) is 1. The molecule has 0 atom stereocenters. The molecule has 0 fully saturated rings. The largest absolute Gasteiger partial charge is 1.00 e. The number of hydrogen-bond donors (Lipinski definition) is 5. The van der Waals surface area contributed by atoms with Crippen LogP contribution in [0.4, 0.5) is 11.4 Å². The second kappa shape index (κ2) is 12.8. The Hall–Kier alpha value is 0.200. The zero-order chi connectivity index (χ0) is 25.9. The Bertz CT molecular complexity index is 1810. The fourth-order valence-electron chi connectivity index (χ4n) is 3.05.